The number of carboxylic acid groups (broad SMARTS) is 1. The maximum atomic E-state index is 12.7. The first-order valence-electron chi connectivity index (χ1n) is 10.9. The fourth-order valence-electron chi connectivity index (χ4n) is 3.52. The minimum absolute atomic E-state index is 0.0514. The number of rotatable bonds is 9. The summed E-state index contributed by atoms with van der Waals surface area (Å²) < 4.78 is 38.8. The van der Waals surface area contributed by atoms with E-state index in [1.165, 1.54) is 17.7 Å². The number of morpholine rings is 1. The number of carbonyl (C=O) groups is 1. The van der Waals surface area contributed by atoms with Gasteiger partial charge >= 0.3 is 5.97 Å². The Bertz CT molecular complexity index is 1020. The van der Waals surface area contributed by atoms with Crippen LogP contribution >= 0.6 is 0 Å². The molecule has 1 aliphatic rings. The number of aliphatic carboxylic acids is 1. The first-order chi connectivity index (χ1) is 15.6. The van der Waals surface area contributed by atoms with Gasteiger partial charge in [0.05, 0.1) is 18.1 Å². The summed E-state index contributed by atoms with van der Waals surface area (Å²) in [5.41, 5.74) is 2.35. The molecular formula is C24H32N2O6S. The Morgan fingerprint density at radius 1 is 1.09 bits per heavy atom. The average molecular weight is 477 g/mol. The van der Waals surface area contributed by atoms with Crippen molar-refractivity contribution in [1.82, 2.24) is 9.62 Å². The molecule has 0 aliphatic carbocycles. The zero-order valence-corrected chi connectivity index (χ0v) is 20.1. The minimum atomic E-state index is -3.86. The van der Waals surface area contributed by atoms with Gasteiger partial charge in [0.15, 0.2) is 0 Å². The van der Waals surface area contributed by atoms with Crippen LogP contribution in [0, 0.1) is 0 Å². The van der Waals surface area contributed by atoms with E-state index in [4.69, 9.17) is 9.47 Å². The zero-order valence-electron chi connectivity index (χ0n) is 19.3. The SMILES string of the molecule is CC(C)(C)c1ccc(COc2ccc(S(=O)(=O)NCC(C(=O)O)N3CCOCC3)cc2)cc1. The molecule has 0 saturated carbocycles. The largest absolute Gasteiger partial charge is 0.489 e. The van der Waals surface area contributed by atoms with Crippen LogP contribution in [0.1, 0.15) is 31.9 Å². The second-order valence-corrected chi connectivity index (χ2v) is 10.8. The number of ether oxygens (including phenoxy) is 2. The lowest BCUT2D eigenvalue weighted by atomic mass is 9.87. The van der Waals surface area contributed by atoms with Crippen molar-refractivity contribution in [2.24, 2.45) is 0 Å². The van der Waals surface area contributed by atoms with E-state index in [9.17, 15) is 18.3 Å². The van der Waals surface area contributed by atoms with Crippen molar-refractivity contribution in [3.05, 3.63) is 59.7 Å². The van der Waals surface area contributed by atoms with Gasteiger partial charge < -0.3 is 14.6 Å². The van der Waals surface area contributed by atoms with Crippen LogP contribution in [0.4, 0.5) is 0 Å². The summed E-state index contributed by atoms with van der Waals surface area (Å²) in [6, 6.07) is 13.4. The number of hydrogen-bond donors (Lipinski definition) is 2. The van der Waals surface area contributed by atoms with Crippen LogP contribution in [0.2, 0.25) is 0 Å². The van der Waals surface area contributed by atoms with Crippen molar-refractivity contribution in [2.45, 2.75) is 43.7 Å². The van der Waals surface area contributed by atoms with Gasteiger partial charge in [0, 0.05) is 19.6 Å². The highest BCUT2D eigenvalue weighted by molar-refractivity contribution is 7.89. The fourth-order valence-corrected chi connectivity index (χ4v) is 4.55. The molecule has 0 bridgehead atoms. The van der Waals surface area contributed by atoms with Crippen LogP contribution in [0.5, 0.6) is 5.75 Å². The van der Waals surface area contributed by atoms with Crippen molar-refractivity contribution >= 4 is 16.0 Å². The minimum Gasteiger partial charge on any atom is -0.489 e. The predicted molar refractivity (Wildman–Crippen MR) is 125 cm³/mol. The van der Waals surface area contributed by atoms with Crippen LogP contribution in [0.25, 0.3) is 0 Å². The standard InChI is InChI=1S/C24H32N2O6S/c1-24(2,3)19-6-4-18(5-7-19)17-32-20-8-10-21(11-9-20)33(29,30)25-16-22(23(27)28)26-12-14-31-15-13-26/h4-11,22,25H,12-17H2,1-3H3,(H,27,28). The van der Waals surface area contributed by atoms with E-state index >= 15 is 0 Å². The third-order valence-electron chi connectivity index (χ3n) is 5.60. The van der Waals surface area contributed by atoms with Crippen molar-refractivity contribution < 1.29 is 27.8 Å². The second-order valence-electron chi connectivity index (χ2n) is 9.06. The molecule has 1 unspecified atom stereocenters. The van der Waals surface area contributed by atoms with Crippen LogP contribution in [0.3, 0.4) is 0 Å². The second kappa shape index (κ2) is 10.6. The Morgan fingerprint density at radius 3 is 2.24 bits per heavy atom. The van der Waals surface area contributed by atoms with E-state index in [2.05, 4.69) is 37.6 Å². The molecule has 1 saturated heterocycles. The quantitative estimate of drug-likeness (QED) is 0.573. The summed E-state index contributed by atoms with van der Waals surface area (Å²) in [6.45, 7) is 8.38. The van der Waals surface area contributed by atoms with Crippen molar-refractivity contribution in [3.8, 4) is 5.75 Å². The maximum absolute atomic E-state index is 12.7. The maximum Gasteiger partial charge on any atom is 0.322 e. The summed E-state index contributed by atoms with van der Waals surface area (Å²) >= 11 is 0. The summed E-state index contributed by atoms with van der Waals surface area (Å²) in [4.78, 5) is 13.4. The van der Waals surface area contributed by atoms with Gasteiger partial charge in [0.1, 0.15) is 18.4 Å². The molecule has 0 aromatic heterocycles. The third kappa shape index (κ3) is 7.01. The Hall–Kier alpha value is -2.46. The van der Waals surface area contributed by atoms with E-state index in [-0.39, 0.29) is 16.9 Å². The van der Waals surface area contributed by atoms with Gasteiger partial charge in [-0.05, 0) is 40.8 Å². The molecule has 2 N–H and O–H groups in total. The molecule has 1 aliphatic heterocycles. The first-order valence-corrected chi connectivity index (χ1v) is 12.4. The highest BCUT2D eigenvalue weighted by atomic mass is 32.2. The van der Waals surface area contributed by atoms with Gasteiger partial charge in [0.2, 0.25) is 10.0 Å². The lowest BCUT2D eigenvalue weighted by Crippen LogP contribution is -2.52. The molecule has 2 aromatic rings. The number of sulfonamides is 1. The number of benzene rings is 2. The molecule has 2 aromatic carbocycles. The molecule has 33 heavy (non-hydrogen) atoms. The molecular weight excluding hydrogens is 444 g/mol. The van der Waals surface area contributed by atoms with Gasteiger partial charge in [0.25, 0.3) is 0 Å². The molecule has 3 rings (SSSR count). The number of nitrogens with one attached hydrogen (secondary N) is 1. The van der Waals surface area contributed by atoms with Crippen molar-refractivity contribution in [2.75, 3.05) is 32.8 Å². The van der Waals surface area contributed by atoms with Crippen molar-refractivity contribution in [1.29, 1.82) is 0 Å². The molecule has 180 valence electrons. The van der Waals surface area contributed by atoms with E-state index in [0.29, 0.717) is 38.7 Å². The van der Waals surface area contributed by atoms with Crippen LogP contribution < -0.4 is 9.46 Å². The summed E-state index contributed by atoms with van der Waals surface area (Å²) in [6.07, 6.45) is 0. The third-order valence-corrected chi connectivity index (χ3v) is 7.04. The van der Waals surface area contributed by atoms with Gasteiger partial charge in [-0.15, -0.1) is 0 Å². The number of nitrogens with zero attached hydrogens (tertiary/aromatic N) is 1. The molecule has 0 radical (unpaired) electrons. The normalized spacial score (nSPS) is 16.3. The number of hydrogen-bond acceptors (Lipinski definition) is 6. The van der Waals surface area contributed by atoms with Crippen LogP contribution in [-0.4, -0.2) is 63.3 Å². The Kier molecular flexibility index (Phi) is 8.12. The van der Waals surface area contributed by atoms with Crippen LogP contribution in [0.15, 0.2) is 53.4 Å². The van der Waals surface area contributed by atoms with Gasteiger partial charge in [-0.3, -0.25) is 9.69 Å². The lowest BCUT2D eigenvalue weighted by Gasteiger charge is -2.31. The Balaban J connectivity index is 1.57. The molecule has 1 heterocycles. The predicted octanol–water partition coefficient (Wildman–Crippen LogP) is 2.63. The average Bonchev–Trinajstić information content (AvgIpc) is 2.78. The molecule has 1 fully saturated rings. The van der Waals surface area contributed by atoms with E-state index in [0.717, 1.165) is 5.56 Å². The number of carboxylic acids is 1. The molecule has 1 atom stereocenters. The molecule has 0 spiro atoms. The summed E-state index contributed by atoms with van der Waals surface area (Å²) in [7, 11) is -3.86. The van der Waals surface area contributed by atoms with Gasteiger partial charge in [-0.25, -0.2) is 13.1 Å². The topological polar surface area (TPSA) is 105 Å². The van der Waals surface area contributed by atoms with Crippen molar-refractivity contribution in [3.63, 3.8) is 0 Å². The fraction of sp³-hybridized carbons (Fsp3) is 0.458. The smallest absolute Gasteiger partial charge is 0.322 e. The highest BCUT2D eigenvalue weighted by Crippen LogP contribution is 2.23. The molecule has 9 heteroatoms. The Labute approximate surface area is 195 Å². The van der Waals surface area contributed by atoms with E-state index < -0.39 is 22.0 Å². The highest BCUT2D eigenvalue weighted by Gasteiger charge is 2.29. The van der Waals surface area contributed by atoms with E-state index in [1.807, 2.05) is 12.1 Å². The lowest BCUT2D eigenvalue weighted by molar-refractivity contribution is -0.144. The monoisotopic (exact) mass is 476 g/mol. The van der Waals surface area contributed by atoms with Gasteiger partial charge in [-0.2, -0.15) is 0 Å². The van der Waals surface area contributed by atoms with E-state index in [1.54, 1.807) is 17.0 Å². The molecule has 0 amide bonds. The van der Waals surface area contributed by atoms with Gasteiger partial charge in [-0.1, -0.05) is 45.0 Å². The Morgan fingerprint density at radius 2 is 1.70 bits per heavy atom. The summed E-state index contributed by atoms with van der Waals surface area (Å²) in [5, 5.41) is 9.50. The summed E-state index contributed by atoms with van der Waals surface area (Å²) in [5.74, 6) is -0.524. The first kappa shape index (κ1) is 25.2. The zero-order chi connectivity index (χ0) is 24.1. The molecule has 8 nitrogen and oxygen atoms in total. The van der Waals surface area contributed by atoms with Crippen LogP contribution in [-0.2, 0) is 31.6 Å².